The van der Waals surface area contributed by atoms with Crippen LogP contribution in [0.4, 0.5) is 0 Å². The summed E-state index contributed by atoms with van der Waals surface area (Å²) in [5, 5.41) is 16.4. The Morgan fingerprint density at radius 2 is 2.14 bits per heavy atom. The fourth-order valence-corrected chi connectivity index (χ4v) is 3.32. The van der Waals surface area contributed by atoms with Gasteiger partial charge in [0.2, 0.25) is 0 Å². The molecule has 0 saturated carbocycles. The van der Waals surface area contributed by atoms with E-state index in [1.54, 1.807) is 0 Å². The first-order valence-corrected chi connectivity index (χ1v) is 7.86. The van der Waals surface area contributed by atoms with E-state index >= 15 is 0 Å². The number of aromatic amines is 1. The van der Waals surface area contributed by atoms with Gasteiger partial charge in [-0.1, -0.05) is 0 Å². The van der Waals surface area contributed by atoms with Gasteiger partial charge in [0.25, 0.3) is 5.91 Å². The smallest absolute Gasteiger partial charge is 0.274 e. The second kappa shape index (κ2) is 5.40. The third-order valence-corrected chi connectivity index (χ3v) is 4.86. The van der Waals surface area contributed by atoms with Crippen molar-refractivity contribution in [3.63, 3.8) is 0 Å². The summed E-state index contributed by atoms with van der Waals surface area (Å²) in [5.74, 6) is -0.0289. The molecule has 0 spiro atoms. The van der Waals surface area contributed by atoms with Crippen molar-refractivity contribution >= 4 is 5.91 Å². The Morgan fingerprint density at radius 1 is 1.45 bits per heavy atom. The highest BCUT2D eigenvalue weighted by atomic mass is 16.5. The molecule has 2 atom stereocenters. The molecule has 0 bridgehead atoms. The van der Waals surface area contributed by atoms with Crippen LogP contribution in [-0.4, -0.2) is 40.2 Å². The Balaban J connectivity index is 1.79. The van der Waals surface area contributed by atoms with Crippen molar-refractivity contribution in [1.29, 1.82) is 5.26 Å². The molecule has 1 N–H and O–H groups in total. The summed E-state index contributed by atoms with van der Waals surface area (Å²) in [5.41, 5.74) is 2.13. The number of hydrogen-bond donors (Lipinski definition) is 1. The molecular formula is C16H22N4O2. The second-order valence-electron chi connectivity index (χ2n) is 6.72. The molecule has 0 aliphatic carbocycles. The summed E-state index contributed by atoms with van der Waals surface area (Å²) < 4.78 is 5.76. The molecule has 6 nitrogen and oxygen atoms in total. The fraction of sp³-hybridized carbons (Fsp3) is 0.688. The summed E-state index contributed by atoms with van der Waals surface area (Å²) >= 11 is 0. The van der Waals surface area contributed by atoms with E-state index in [0.29, 0.717) is 25.2 Å². The number of hydrogen-bond acceptors (Lipinski definition) is 4. The maximum Gasteiger partial charge on any atom is 0.274 e. The largest absolute Gasteiger partial charge is 0.369 e. The zero-order valence-corrected chi connectivity index (χ0v) is 13.3. The fourth-order valence-electron chi connectivity index (χ4n) is 3.32. The molecule has 2 aliphatic rings. The van der Waals surface area contributed by atoms with Crippen molar-refractivity contribution in [2.75, 3.05) is 13.1 Å². The highest BCUT2D eigenvalue weighted by molar-refractivity contribution is 5.94. The lowest BCUT2D eigenvalue weighted by Gasteiger charge is -2.35. The molecule has 3 heterocycles. The van der Waals surface area contributed by atoms with Crippen molar-refractivity contribution in [1.82, 2.24) is 15.1 Å². The Labute approximate surface area is 130 Å². The first-order chi connectivity index (χ1) is 10.4. The van der Waals surface area contributed by atoms with Crippen molar-refractivity contribution in [3.8, 4) is 6.07 Å². The number of carbonyl (C=O) groups excluding carboxylic acids is 1. The molecule has 1 aromatic heterocycles. The number of aromatic nitrogens is 2. The molecule has 22 heavy (non-hydrogen) atoms. The van der Waals surface area contributed by atoms with Crippen LogP contribution in [0.1, 0.15) is 61.5 Å². The summed E-state index contributed by atoms with van der Waals surface area (Å²) in [6.45, 7) is 7.18. The summed E-state index contributed by atoms with van der Waals surface area (Å²) in [6.07, 6.45) is 2.18. The molecule has 2 aliphatic heterocycles. The molecule has 0 unspecified atom stereocenters. The van der Waals surface area contributed by atoms with Gasteiger partial charge in [-0.3, -0.25) is 9.89 Å². The number of carbonyl (C=O) groups is 1. The number of nitrogens with one attached hydrogen (secondary N) is 1. The number of nitrogens with zero attached hydrogens (tertiary/aromatic N) is 3. The molecule has 0 aromatic carbocycles. The predicted octanol–water partition coefficient (Wildman–Crippen LogP) is 2.20. The third kappa shape index (κ3) is 2.50. The molecular weight excluding hydrogens is 280 g/mol. The van der Waals surface area contributed by atoms with Crippen molar-refractivity contribution in [3.05, 3.63) is 17.0 Å². The van der Waals surface area contributed by atoms with Crippen LogP contribution in [0.5, 0.6) is 0 Å². The highest BCUT2D eigenvalue weighted by Crippen LogP contribution is 2.33. The van der Waals surface area contributed by atoms with Gasteiger partial charge < -0.3 is 9.64 Å². The van der Waals surface area contributed by atoms with Crippen LogP contribution < -0.4 is 0 Å². The van der Waals surface area contributed by atoms with Gasteiger partial charge in [-0.05, 0) is 33.6 Å². The highest BCUT2D eigenvalue weighted by Gasteiger charge is 2.35. The average Bonchev–Trinajstić information content (AvgIpc) is 2.91. The van der Waals surface area contributed by atoms with E-state index < -0.39 is 0 Å². The van der Waals surface area contributed by atoms with E-state index in [2.05, 4.69) is 16.3 Å². The minimum absolute atomic E-state index is 0.0289. The van der Waals surface area contributed by atoms with Crippen LogP contribution >= 0.6 is 0 Å². The Hall–Kier alpha value is -1.87. The van der Waals surface area contributed by atoms with Gasteiger partial charge in [0, 0.05) is 25.1 Å². The van der Waals surface area contributed by atoms with Crippen molar-refractivity contribution in [2.24, 2.45) is 5.41 Å². The number of piperidine rings is 1. The van der Waals surface area contributed by atoms with Gasteiger partial charge in [-0.2, -0.15) is 10.4 Å². The predicted molar refractivity (Wildman–Crippen MR) is 80.1 cm³/mol. The van der Waals surface area contributed by atoms with Crippen molar-refractivity contribution in [2.45, 2.75) is 52.2 Å². The van der Waals surface area contributed by atoms with E-state index in [1.165, 1.54) is 0 Å². The number of fused-ring (bicyclic) bond motifs is 1. The van der Waals surface area contributed by atoms with Crippen LogP contribution in [-0.2, 0) is 11.2 Å². The lowest BCUT2D eigenvalue weighted by atomic mass is 9.82. The van der Waals surface area contributed by atoms with Gasteiger partial charge in [-0.25, -0.2) is 0 Å². The minimum Gasteiger partial charge on any atom is -0.369 e. The number of amides is 1. The summed E-state index contributed by atoms with van der Waals surface area (Å²) in [7, 11) is 0. The number of ether oxygens (including phenoxy) is 1. The standard InChI is InChI=1S/C16H22N4O2/c1-10-8-12-13(11(2)22-10)18-19-14(12)15(21)20-6-4-16(3,9-17)5-7-20/h10-11H,4-8H2,1-3H3,(H,18,19)/t10-,11+/m1/s1. The Bertz CT molecular complexity index is 623. The molecule has 3 rings (SSSR count). The SMILES string of the molecule is C[C@@H]1Cc2c(C(=O)N3CCC(C)(C#N)CC3)n[nH]c2[C@H](C)O1. The van der Waals surface area contributed by atoms with Crippen LogP contribution in [0.2, 0.25) is 0 Å². The average molecular weight is 302 g/mol. The van der Waals surface area contributed by atoms with Crippen LogP contribution in [0.3, 0.4) is 0 Å². The van der Waals surface area contributed by atoms with E-state index in [9.17, 15) is 10.1 Å². The first kappa shape index (κ1) is 15.0. The third-order valence-electron chi connectivity index (χ3n) is 4.86. The van der Waals surface area contributed by atoms with Gasteiger partial charge in [0.15, 0.2) is 5.69 Å². The van der Waals surface area contributed by atoms with Gasteiger partial charge in [0.1, 0.15) is 0 Å². The first-order valence-electron chi connectivity index (χ1n) is 7.86. The maximum absolute atomic E-state index is 12.8. The Kier molecular flexibility index (Phi) is 3.69. The van der Waals surface area contributed by atoms with Gasteiger partial charge in [0.05, 0.1) is 29.4 Å². The van der Waals surface area contributed by atoms with E-state index in [1.807, 2.05) is 25.7 Å². The summed E-state index contributed by atoms with van der Waals surface area (Å²) in [6, 6.07) is 2.36. The van der Waals surface area contributed by atoms with Gasteiger partial charge in [-0.15, -0.1) is 0 Å². The van der Waals surface area contributed by atoms with Crippen LogP contribution in [0, 0.1) is 16.7 Å². The molecule has 118 valence electrons. The van der Waals surface area contributed by atoms with Crippen molar-refractivity contribution < 1.29 is 9.53 Å². The number of nitriles is 1. The van der Waals surface area contributed by atoms with E-state index in [-0.39, 0.29) is 23.5 Å². The van der Waals surface area contributed by atoms with Crippen LogP contribution in [0.25, 0.3) is 0 Å². The second-order valence-corrected chi connectivity index (χ2v) is 6.72. The normalized spacial score (nSPS) is 27.1. The topological polar surface area (TPSA) is 82.0 Å². The zero-order valence-electron chi connectivity index (χ0n) is 13.3. The quantitative estimate of drug-likeness (QED) is 0.862. The molecule has 1 amide bonds. The van der Waals surface area contributed by atoms with Gasteiger partial charge >= 0.3 is 0 Å². The molecule has 0 radical (unpaired) electrons. The minimum atomic E-state index is -0.307. The monoisotopic (exact) mass is 302 g/mol. The molecule has 6 heteroatoms. The van der Waals surface area contributed by atoms with Crippen LogP contribution in [0.15, 0.2) is 0 Å². The van der Waals surface area contributed by atoms with E-state index in [4.69, 9.17) is 4.74 Å². The number of likely N-dealkylation sites (tertiary alicyclic amines) is 1. The lowest BCUT2D eigenvalue weighted by Crippen LogP contribution is -2.42. The lowest BCUT2D eigenvalue weighted by molar-refractivity contribution is -0.00703. The number of rotatable bonds is 1. The summed E-state index contributed by atoms with van der Waals surface area (Å²) in [4.78, 5) is 14.6. The molecule has 1 fully saturated rings. The molecule has 1 aromatic rings. The maximum atomic E-state index is 12.8. The zero-order chi connectivity index (χ0) is 15.9. The van der Waals surface area contributed by atoms with E-state index in [0.717, 1.165) is 24.1 Å². The Morgan fingerprint density at radius 3 is 2.77 bits per heavy atom. The number of H-pyrrole nitrogens is 1. The molecule has 1 saturated heterocycles.